The number of ether oxygens (including phenoxy) is 1. The van der Waals surface area contributed by atoms with Crippen LogP contribution in [0.3, 0.4) is 0 Å². The van der Waals surface area contributed by atoms with E-state index in [1.165, 1.54) is 0 Å². The summed E-state index contributed by atoms with van der Waals surface area (Å²) in [6.07, 6.45) is 2.62. The van der Waals surface area contributed by atoms with E-state index in [0.29, 0.717) is 18.8 Å². The first-order valence-corrected chi connectivity index (χ1v) is 11.8. The Kier molecular flexibility index (Phi) is 5.71. The fourth-order valence-electron chi connectivity index (χ4n) is 3.91. The van der Waals surface area contributed by atoms with E-state index in [-0.39, 0.29) is 17.5 Å². The number of methoxy groups -OCH3 is 1. The molecule has 1 fully saturated rings. The van der Waals surface area contributed by atoms with Crippen molar-refractivity contribution in [2.75, 3.05) is 37.5 Å². The predicted molar refractivity (Wildman–Crippen MR) is 115 cm³/mol. The molecule has 3 aromatic rings. The highest BCUT2D eigenvalue weighted by atomic mass is 32.2. The van der Waals surface area contributed by atoms with Crippen molar-refractivity contribution < 1.29 is 13.2 Å². The predicted octanol–water partition coefficient (Wildman–Crippen LogP) is 1.52. The smallest absolute Gasteiger partial charge is 0.153 e. The lowest BCUT2D eigenvalue weighted by Crippen LogP contribution is -2.51. The van der Waals surface area contributed by atoms with Gasteiger partial charge in [0.1, 0.15) is 11.3 Å². The van der Waals surface area contributed by atoms with Gasteiger partial charge in [0, 0.05) is 31.5 Å². The number of hydrogen-bond donors (Lipinski definition) is 2. The first-order valence-electron chi connectivity index (χ1n) is 9.94. The summed E-state index contributed by atoms with van der Waals surface area (Å²) in [4.78, 5) is 9.29. The number of pyridine rings is 1. The molecule has 9 heteroatoms. The number of para-hydroxylation sites is 1. The number of rotatable bonds is 9. The minimum Gasteiger partial charge on any atom is -0.384 e. The van der Waals surface area contributed by atoms with Crippen LogP contribution in [0, 0.1) is 0 Å². The molecule has 1 aromatic carbocycles. The monoisotopic (exact) mass is 417 g/mol. The van der Waals surface area contributed by atoms with Gasteiger partial charge in [-0.3, -0.25) is 0 Å². The molecule has 3 N–H and O–H groups in total. The molecule has 4 rings (SSSR count). The van der Waals surface area contributed by atoms with E-state index in [0.717, 1.165) is 53.7 Å². The summed E-state index contributed by atoms with van der Waals surface area (Å²) in [7, 11) is -1.09. The minimum atomic E-state index is -2.78. The average molecular weight is 418 g/mol. The Labute approximate surface area is 170 Å². The number of nitrogens with zero attached hydrogens (tertiary/aromatic N) is 3. The third kappa shape index (κ3) is 4.22. The van der Waals surface area contributed by atoms with Crippen molar-refractivity contribution in [1.82, 2.24) is 19.9 Å². The van der Waals surface area contributed by atoms with Crippen LogP contribution in [0.15, 0.2) is 24.3 Å². The van der Waals surface area contributed by atoms with Crippen LogP contribution in [0.2, 0.25) is 0 Å². The summed E-state index contributed by atoms with van der Waals surface area (Å²) in [5.74, 6) is 1.92. The third-order valence-corrected chi connectivity index (χ3v) is 7.19. The summed E-state index contributed by atoms with van der Waals surface area (Å²) in [6.45, 7) is 2.21. The lowest BCUT2D eigenvalue weighted by Gasteiger charge is -2.26. The van der Waals surface area contributed by atoms with Gasteiger partial charge in [0.05, 0.1) is 29.1 Å². The summed E-state index contributed by atoms with van der Waals surface area (Å²) in [6, 6.07) is 8.10. The van der Waals surface area contributed by atoms with E-state index in [2.05, 4.69) is 20.9 Å². The van der Waals surface area contributed by atoms with E-state index in [4.69, 9.17) is 15.5 Å². The van der Waals surface area contributed by atoms with E-state index in [1.54, 1.807) is 7.11 Å². The van der Waals surface area contributed by atoms with Crippen molar-refractivity contribution >= 4 is 37.6 Å². The third-order valence-electron chi connectivity index (χ3n) is 5.37. The number of anilines is 1. The SMILES string of the molecule is COCCc1nc2c(N)nc3ccccc3c2n1CCCCNC1CS(=O)(=O)C1. The van der Waals surface area contributed by atoms with Crippen molar-refractivity contribution in [3.05, 3.63) is 30.1 Å². The molecular formula is C20H27N5O3S. The van der Waals surface area contributed by atoms with Crippen LogP contribution in [-0.2, 0) is 27.5 Å². The van der Waals surface area contributed by atoms with E-state index in [1.807, 2.05) is 18.2 Å². The quantitative estimate of drug-likeness (QED) is 0.508. The zero-order valence-electron chi connectivity index (χ0n) is 16.6. The van der Waals surface area contributed by atoms with Crippen LogP contribution < -0.4 is 11.1 Å². The highest BCUT2D eigenvalue weighted by Gasteiger charge is 2.32. The molecule has 29 heavy (non-hydrogen) atoms. The van der Waals surface area contributed by atoms with Crippen LogP contribution in [0.4, 0.5) is 5.82 Å². The highest BCUT2D eigenvalue weighted by Crippen LogP contribution is 2.29. The number of aryl methyl sites for hydroxylation is 1. The molecule has 0 amide bonds. The largest absolute Gasteiger partial charge is 0.384 e. The van der Waals surface area contributed by atoms with Gasteiger partial charge in [0.15, 0.2) is 15.7 Å². The van der Waals surface area contributed by atoms with Crippen molar-refractivity contribution in [2.45, 2.75) is 31.8 Å². The summed E-state index contributed by atoms with van der Waals surface area (Å²) >= 11 is 0. The van der Waals surface area contributed by atoms with Crippen LogP contribution in [0.5, 0.6) is 0 Å². The maximum atomic E-state index is 11.2. The molecule has 0 saturated carbocycles. The number of benzene rings is 1. The second kappa shape index (κ2) is 8.25. The molecule has 3 heterocycles. The molecule has 1 aliphatic heterocycles. The molecule has 2 aromatic heterocycles. The molecule has 0 spiro atoms. The number of imidazole rings is 1. The lowest BCUT2D eigenvalue weighted by atomic mass is 10.2. The zero-order valence-corrected chi connectivity index (χ0v) is 17.4. The molecule has 0 bridgehead atoms. The van der Waals surface area contributed by atoms with Gasteiger partial charge >= 0.3 is 0 Å². The van der Waals surface area contributed by atoms with Crippen molar-refractivity contribution in [2.24, 2.45) is 0 Å². The average Bonchev–Trinajstić information content (AvgIpc) is 3.04. The normalized spacial score (nSPS) is 16.4. The number of sulfone groups is 1. The molecule has 0 unspecified atom stereocenters. The summed E-state index contributed by atoms with van der Waals surface area (Å²) in [5, 5.41) is 4.37. The number of fused-ring (bicyclic) bond motifs is 3. The van der Waals surface area contributed by atoms with Gasteiger partial charge in [-0.2, -0.15) is 0 Å². The Morgan fingerprint density at radius 1 is 1.24 bits per heavy atom. The first-order chi connectivity index (χ1) is 14.0. The summed E-state index contributed by atoms with van der Waals surface area (Å²) < 4.78 is 30.0. The number of nitrogens with one attached hydrogen (secondary N) is 1. The second-order valence-electron chi connectivity index (χ2n) is 7.57. The number of aromatic nitrogens is 3. The fourth-order valence-corrected chi connectivity index (χ4v) is 5.28. The number of unbranched alkanes of at least 4 members (excludes halogenated alkanes) is 1. The highest BCUT2D eigenvalue weighted by molar-refractivity contribution is 7.92. The number of nitrogens with two attached hydrogens (primary N) is 1. The van der Waals surface area contributed by atoms with Crippen molar-refractivity contribution in [1.29, 1.82) is 0 Å². The van der Waals surface area contributed by atoms with Gasteiger partial charge in [0.2, 0.25) is 0 Å². The van der Waals surface area contributed by atoms with Gasteiger partial charge in [-0.1, -0.05) is 18.2 Å². The Balaban J connectivity index is 1.53. The Bertz CT molecular complexity index is 1110. The minimum absolute atomic E-state index is 0.112. The first kappa shape index (κ1) is 20.1. The maximum Gasteiger partial charge on any atom is 0.153 e. The topological polar surface area (TPSA) is 112 Å². The lowest BCUT2D eigenvalue weighted by molar-refractivity contribution is 0.199. The molecule has 0 aliphatic carbocycles. The molecular weight excluding hydrogens is 390 g/mol. The Morgan fingerprint density at radius 2 is 2.03 bits per heavy atom. The van der Waals surface area contributed by atoms with Gasteiger partial charge in [0.25, 0.3) is 0 Å². The summed E-state index contributed by atoms with van der Waals surface area (Å²) in [5.41, 5.74) is 8.84. The maximum absolute atomic E-state index is 11.2. The Hall–Kier alpha value is -2.23. The number of nitrogen functional groups attached to an aromatic ring is 1. The fraction of sp³-hybridized carbons (Fsp3) is 0.500. The van der Waals surface area contributed by atoms with Gasteiger partial charge in [-0.25, -0.2) is 18.4 Å². The van der Waals surface area contributed by atoms with E-state index < -0.39 is 9.84 Å². The standard InChI is InChI=1S/C20H27N5O3S/c1-28-11-8-17-24-18-19(15-6-2-3-7-16(15)23-20(18)21)25(17)10-5-4-9-22-14-12-29(26,27)13-14/h2-3,6-7,14,22H,4-5,8-13H2,1H3,(H2,21,23). The molecule has 156 valence electrons. The van der Waals surface area contributed by atoms with Gasteiger partial charge < -0.3 is 20.4 Å². The van der Waals surface area contributed by atoms with Crippen molar-refractivity contribution in [3.63, 3.8) is 0 Å². The van der Waals surface area contributed by atoms with Crippen molar-refractivity contribution in [3.8, 4) is 0 Å². The van der Waals surface area contributed by atoms with Crippen LogP contribution in [0.25, 0.3) is 21.9 Å². The molecule has 0 atom stereocenters. The van der Waals surface area contributed by atoms with E-state index >= 15 is 0 Å². The van der Waals surface area contributed by atoms with Crippen LogP contribution in [-0.4, -0.2) is 60.8 Å². The van der Waals surface area contributed by atoms with Crippen LogP contribution in [0.1, 0.15) is 18.7 Å². The second-order valence-corrected chi connectivity index (χ2v) is 9.72. The van der Waals surface area contributed by atoms with E-state index in [9.17, 15) is 8.42 Å². The molecule has 8 nitrogen and oxygen atoms in total. The molecule has 1 saturated heterocycles. The zero-order chi connectivity index (χ0) is 20.4. The molecule has 1 aliphatic rings. The molecule has 0 radical (unpaired) electrons. The number of hydrogen-bond acceptors (Lipinski definition) is 7. The van der Waals surface area contributed by atoms with Gasteiger partial charge in [-0.15, -0.1) is 0 Å². The Morgan fingerprint density at radius 3 is 2.79 bits per heavy atom. The van der Waals surface area contributed by atoms with Gasteiger partial charge in [-0.05, 0) is 25.5 Å². The van der Waals surface area contributed by atoms with Crippen LogP contribution >= 0.6 is 0 Å².